The Kier molecular flexibility index (Phi) is 5.74. The van der Waals surface area contributed by atoms with Gasteiger partial charge in [0, 0.05) is 5.69 Å². The maximum absolute atomic E-state index is 11.7. The molecule has 5 nitrogen and oxygen atoms in total. The minimum Gasteiger partial charge on any atom is -0.482 e. The molecule has 0 aliphatic carbocycles. The van der Waals surface area contributed by atoms with E-state index in [9.17, 15) is 9.59 Å². The molecule has 0 unspecified atom stereocenters. The molecule has 0 atom stereocenters. The highest BCUT2D eigenvalue weighted by atomic mass is 16.6. The lowest BCUT2D eigenvalue weighted by Gasteiger charge is -2.08. The second-order valence-corrected chi connectivity index (χ2v) is 5.18. The SMILES string of the molecule is Cc1ccc(NC(=O)COC(=O)COc2ccc(C)cc2)cc1. The molecule has 1 amide bonds. The molecular weight excluding hydrogens is 294 g/mol. The van der Waals surface area contributed by atoms with Crippen molar-refractivity contribution in [3.8, 4) is 5.75 Å². The summed E-state index contributed by atoms with van der Waals surface area (Å²) in [5, 5.41) is 2.65. The van der Waals surface area contributed by atoms with E-state index in [-0.39, 0.29) is 13.2 Å². The molecule has 0 saturated heterocycles. The van der Waals surface area contributed by atoms with Gasteiger partial charge in [0.05, 0.1) is 0 Å². The number of hydrogen-bond donors (Lipinski definition) is 1. The molecule has 2 rings (SSSR count). The molecular formula is C18H19NO4. The average Bonchev–Trinajstić information content (AvgIpc) is 2.54. The maximum atomic E-state index is 11.7. The Morgan fingerprint density at radius 2 is 1.43 bits per heavy atom. The van der Waals surface area contributed by atoms with Crippen LogP contribution in [0.3, 0.4) is 0 Å². The van der Waals surface area contributed by atoms with Crippen molar-refractivity contribution in [2.75, 3.05) is 18.5 Å². The lowest BCUT2D eigenvalue weighted by molar-refractivity contribution is -0.149. The quantitative estimate of drug-likeness (QED) is 0.833. The molecule has 0 saturated carbocycles. The molecule has 2 aromatic rings. The van der Waals surface area contributed by atoms with E-state index in [1.54, 1.807) is 24.3 Å². The van der Waals surface area contributed by atoms with E-state index in [1.807, 2.05) is 38.1 Å². The van der Waals surface area contributed by atoms with Crippen molar-refractivity contribution < 1.29 is 19.1 Å². The summed E-state index contributed by atoms with van der Waals surface area (Å²) in [7, 11) is 0. The Morgan fingerprint density at radius 3 is 2.04 bits per heavy atom. The van der Waals surface area contributed by atoms with Crippen molar-refractivity contribution in [1.29, 1.82) is 0 Å². The fourth-order valence-corrected chi connectivity index (χ4v) is 1.80. The molecule has 0 fully saturated rings. The summed E-state index contributed by atoms with van der Waals surface area (Å²) in [6, 6.07) is 14.7. The van der Waals surface area contributed by atoms with Crippen molar-refractivity contribution in [2.24, 2.45) is 0 Å². The van der Waals surface area contributed by atoms with E-state index in [1.165, 1.54) is 0 Å². The molecule has 5 heteroatoms. The first-order chi connectivity index (χ1) is 11.0. The van der Waals surface area contributed by atoms with Crippen LogP contribution in [0.25, 0.3) is 0 Å². The molecule has 0 aliphatic rings. The van der Waals surface area contributed by atoms with Crippen LogP contribution in [-0.2, 0) is 14.3 Å². The molecule has 0 bridgehead atoms. The Bertz CT molecular complexity index is 662. The molecule has 1 N–H and O–H groups in total. The van der Waals surface area contributed by atoms with Gasteiger partial charge in [-0.3, -0.25) is 4.79 Å². The first-order valence-corrected chi connectivity index (χ1v) is 7.24. The van der Waals surface area contributed by atoms with Gasteiger partial charge in [0.25, 0.3) is 5.91 Å². The largest absolute Gasteiger partial charge is 0.482 e. The third-order valence-electron chi connectivity index (χ3n) is 3.08. The van der Waals surface area contributed by atoms with Crippen molar-refractivity contribution in [3.63, 3.8) is 0 Å². The summed E-state index contributed by atoms with van der Waals surface area (Å²) in [6.07, 6.45) is 0. The van der Waals surface area contributed by atoms with Crippen LogP contribution in [0.15, 0.2) is 48.5 Å². The van der Waals surface area contributed by atoms with Crippen LogP contribution in [0.2, 0.25) is 0 Å². The van der Waals surface area contributed by atoms with Gasteiger partial charge in [-0.25, -0.2) is 4.79 Å². The van der Waals surface area contributed by atoms with Crippen LogP contribution >= 0.6 is 0 Å². The van der Waals surface area contributed by atoms with Gasteiger partial charge in [0.15, 0.2) is 13.2 Å². The zero-order valence-corrected chi connectivity index (χ0v) is 13.2. The Hall–Kier alpha value is -2.82. The van der Waals surface area contributed by atoms with E-state index >= 15 is 0 Å². The zero-order valence-electron chi connectivity index (χ0n) is 13.2. The number of hydrogen-bond acceptors (Lipinski definition) is 4. The summed E-state index contributed by atoms with van der Waals surface area (Å²) in [5.41, 5.74) is 2.86. The van der Waals surface area contributed by atoms with Crippen LogP contribution in [0, 0.1) is 13.8 Å². The molecule has 0 spiro atoms. The molecule has 0 aliphatic heterocycles. The number of aryl methyl sites for hydroxylation is 2. The third-order valence-corrected chi connectivity index (χ3v) is 3.08. The van der Waals surface area contributed by atoms with Crippen molar-refractivity contribution >= 4 is 17.6 Å². The number of amides is 1. The van der Waals surface area contributed by atoms with Gasteiger partial charge in [-0.05, 0) is 38.1 Å². The molecule has 0 heterocycles. The average molecular weight is 313 g/mol. The van der Waals surface area contributed by atoms with Gasteiger partial charge in [0.1, 0.15) is 5.75 Å². The van der Waals surface area contributed by atoms with Crippen LogP contribution in [0.5, 0.6) is 5.75 Å². The van der Waals surface area contributed by atoms with Gasteiger partial charge in [-0.2, -0.15) is 0 Å². The van der Waals surface area contributed by atoms with Gasteiger partial charge < -0.3 is 14.8 Å². The Balaban J connectivity index is 1.70. The summed E-state index contributed by atoms with van der Waals surface area (Å²) in [4.78, 5) is 23.2. The van der Waals surface area contributed by atoms with Crippen LogP contribution in [-0.4, -0.2) is 25.1 Å². The highest BCUT2D eigenvalue weighted by Gasteiger charge is 2.08. The highest BCUT2D eigenvalue weighted by Crippen LogP contribution is 2.11. The van der Waals surface area contributed by atoms with Crippen molar-refractivity contribution in [3.05, 3.63) is 59.7 Å². The summed E-state index contributed by atoms with van der Waals surface area (Å²) >= 11 is 0. The third kappa shape index (κ3) is 5.82. The number of nitrogens with one attached hydrogen (secondary N) is 1. The predicted molar refractivity (Wildman–Crippen MR) is 87.4 cm³/mol. The maximum Gasteiger partial charge on any atom is 0.344 e. The summed E-state index contributed by atoms with van der Waals surface area (Å²) < 4.78 is 10.1. The summed E-state index contributed by atoms with van der Waals surface area (Å²) in [5.74, 6) is -0.404. The molecule has 120 valence electrons. The van der Waals surface area contributed by atoms with E-state index in [4.69, 9.17) is 9.47 Å². The first-order valence-electron chi connectivity index (χ1n) is 7.24. The molecule has 2 aromatic carbocycles. The topological polar surface area (TPSA) is 64.6 Å². The van der Waals surface area contributed by atoms with Crippen LogP contribution in [0.1, 0.15) is 11.1 Å². The normalized spacial score (nSPS) is 10.0. The number of ether oxygens (including phenoxy) is 2. The van der Waals surface area contributed by atoms with Gasteiger partial charge in [-0.15, -0.1) is 0 Å². The molecule has 0 radical (unpaired) electrons. The minimum atomic E-state index is -0.593. The van der Waals surface area contributed by atoms with Gasteiger partial charge >= 0.3 is 5.97 Å². The van der Waals surface area contributed by atoms with Crippen LogP contribution in [0.4, 0.5) is 5.69 Å². The van der Waals surface area contributed by atoms with Gasteiger partial charge in [0.2, 0.25) is 0 Å². The molecule has 0 aromatic heterocycles. The molecule has 23 heavy (non-hydrogen) atoms. The monoisotopic (exact) mass is 313 g/mol. The fourth-order valence-electron chi connectivity index (χ4n) is 1.80. The lowest BCUT2D eigenvalue weighted by Crippen LogP contribution is -2.23. The number of esters is 1. The number of anilines is 1. The van der Waals surface area contributed by atoms with Gasteiger partial charge in [-0.1, -0.05) is 35.4 Å². The minimum absolute atomic E-state index is 0.235. The first kappa shape index (κ1) is 16.5. The highest BCUT2D eigenvalue weighted by molar-refractivity contribution is 5.92. The lowest BCUT2D eigenvalue weighted by atomic mass is 10.2. The van der Waals surface area contributed by atoms with Crippen molar-refractivity contribution in [2.45, 2.75) is 13.8 Å². The standard InChI is InChI=1S/C18H19NO4/c1-13-3-7-15(8-4-13)19-17(20)11-23-18(21)12-22-16-9-5-14(2)6-10-16/h3-10H,11-12H2,1-2H3,(H,19,20). The number of rotatable bonds is 6. The van der Waals surface area contributed by atoms with E-state index in [0.717, 1.165) is 11.1 Å². The van der Waals surface area contributed by atoms with E-state index in [0.29, 0.717) is 11.4 Å². The predicted octanol–water partition coefficient (Wildman–Crippen LogP) is 2.86. The second-order valence-electron chi connectivity index (χ2n) is 5.18. The fraction of sp³-hybridized carbons (Fsp3) is 0.222. The Morgan fingerprint density at radius 1 is 0.870 bits per heavy atom. The van der Waals surface area contributed by atoms with Crippen LogP contribution < -0.4 is 10.1 Å². The number of benzene rings is 2. The van der Waals surface area contributed by atoms with E-state index in [2.05, 4.69) is 5.32 Å². The van der Waals surface area contributed by atoms with E-state index < -0.39 is 11.9 Å². The summed E-state index contributed by atoms with van der Waals surface area (Å²) in [6.45, 7) is 3.34. The van der Waals surface area contributed by atoms with Crippen molar-refractivity contribution in [1.82, 2.24) is 0 Å². The smallest absolute Gasteiger partial charge is 0.344 e. The second kappa shape index (κ2) is 7.98. The number of carbonyl (C=O) groups is 2. The zero-order chi connectivity index (χ0) is 16.7. The number of carbonyl (C=O) groups excluding carboxylic acids is 2. The Labute approximate surface area is 135 Å².